The molecule has 0 unspecified atom stereocenters. The lowest BCUT2D eigenvalue weighted by molar-refractivity contribution is 0.519. The number of nitrogens with one attached hydrogen (secondary N) is 2. The van der Waals surface area contributed by atoms with Crippen LogP contribution in [0.1, 0.15) is 25.2 Å². The summed E-state index contributed by atoms with van der Waals surface area (Å²) in [7, 11) is -3.04. The van der Waals surface area contributed by atoms with Crippen molar-refractivity contribution < 1.29 is 8.42 Å². The Morgan fingerprint density at radius 2 is 2.12 bits per heavy atom. The first kappa shape index (κ1) is 13.2. The molecule has 0 aromatic carbocycles. The molecule has 0 radical (unpaired) electrons. The molecule has 0 bridgehead atoms. The Bertz CT molecular complexity index is 448. The number of rotatable bonds is 5. The molecule has 0 aliphatic heterocycles. The van der Waals surface area contributed by atoms with Gasteiger partial charge in [-0.1, -0.05) is 0 Å². The van der Waals surface area contributed by atoms with Crippen molar-refractivity contribution in [3.05, 3.63) is 17.7 Å². The van der Waals surface area contributed by atoms with Gasteiger partial charge in [0, 0.05) is 25.0 Å². The van der Waals surface area contributed by atoms with E-state index in [4.69, 9.17) is 0 Å². The summed E-state index contributed by atoms with van der Waals surface area (Å²) in [4.78, 5) is 7.11. The Hall–Kier alpha value is -0.880. The van der Waals surface area contributed by atoms with Gasteiger partial charge in [0.05, 0.1) is 16.8 Å². The number of nitrogens with zero attached hydrogens (tertiary/aromatic N) is 1. The molecule has 1 aromatic rings. The summed E-state index contributed by atoms with van der Waals surface area (Å²) in [5, 5.41) is 3.11. The zero-order chi connectivity index (χ0) is 12.4. The van der Waals surface area contributed by atoms with Gasteiger partial charge in [-0.15, -0.1) is 0 Å². The maximum atomic E-state index is 11.5. The number of aromatic amines is 1. The van der Waals surface area contributed by atoms with E-state index in [-0.39, 0.29) is 0 Å². The maximum absolute atomic E-state index is 11.5. The predicted molar refractivity (Wildman–Crippen MR) is 64.0 cm³/mol. The number of sulfone groups is 1. The van der Waals surface area contributed by atoms with Gasteiger partial charge in [0.25, 0.3) is 0 Å². The Morgan fingerprint density at radius 1 is 1.50 bits per heavy atom. The lowest BCUT2D eigenvalue weighted by atomic mass is 10.2. The molecule has 1 heterocycles. The Morgan fingerprint density at radius 3 is 2.56 bits per heavy atom. The second-order valence-corrected chi connectivity index (χ2v) is 7.26. The van der Waals surface area contributed by atoms with Gasteiger partial charge in [-0.25, -0.2) is 13.4 Å². The van der Waals surface area contributed by atoms with Gasteiger partial charge in [-0.05, 0) is 20.8 Å². The second-order valence-electron chi connectivity index (χ2n) is 4.61. The highest BCUT2D eigenvalue weighted by Crippen LogP contribution is 2.13. The van der Waals surface area contributed by atoms with Gasteiger partial charge >= 0.3 is 0 Å². The summed E-state index contributed by atoms with van der Waals surface area (Å²) >= 11 is 0. The largest absolute Gasteiger partial charge is 0.348 e. The minimum absolute atomic E-state index is 0.415. The Kier molecular flexibility index (Phi) is 3.75. The molecule has 1 rings (SSSR count). The van der Waals surface area contributed by atoms with Crippen molar-refractivity contribution in [3.63, 3.8) is 0 Å². The first-order valence-electron chi connectivity index (χ1n) is 5.13. The van der Waals surface area contributed by atoms with E-state index < -0.39 is 14.6 Å². The molecule has 6 heteroatoms. The summed E-state index contributed by atoms with van der Waals surface area (Å²) in [6, 6.07) is 0. The standard InChI is InChI=1S/C10H19N3O2S/c1-8-9(13-7-12-8)5-11-6-10(2,3)16(4,14)15/h7,11H,5-6H2,1-4H3,(H,12,13). The van der Waals surface area contributed by atoms with Crippen LogP contribution in [-0.2, 0) is 16.4 Å². The maximum Gasteiger partial charge on any atom is 0.153 e. The summed E-state index contributed by atoms with van der Waals surface area (Å²) in [6.45, 7) is 6.36. The fourth-order valence-corrected chi connectivity index (χ4v) is 1.54. The van der Waals surface area contributed by atoms with Gasteiger partial charge in [0.2, 0.25) is 0 Å². The molecule has 0 spiro atoms. The van der Waals surface area contributed by atoms with Crippen LogP contribution in [0.4, 0.5) is 0 Å². The van der Waals surface area contributed by atoms with Crippen molar-refractivity contribution in [1.29, 1.82) is 0 Å². The van der Waals surface area contributed by atoms with Crippen molar-refractivity contribution in [2.24, 2.45) is 0 Å². The highest BCUT2D eigenvalue weighted by molar-refractivity contribution is 7.92. The number of imidazole rings is 1. The fourth-order valence-electron chi connectivity index (χ4n) is 1.18. The van der Waals surface area contributed by atoms with Crippen LogP contribution < -0.4 is 5.32 Å². The summed E-state index contributed by atoms with van der Waals surface area (Å²) in [5.74, 6) is 0. The number of aryl methyl sites for hydroxylation is 1. The molecule has 1 aromatic heterocycles. The summed E-state index contributed by atoms with van der Waals surface area (Å²) in [6.07, 6.45) is 2.89. The molecule has 0 aliphatic carbocycles. The van der Waals surface area contributed by atoms with Gasteiger partial charge in [0.15, 0.2) is 9.84 Å². The number of hydrogen-bond donors (Lipinski definition) is 2. The quantitative estimate of drug-likeness (QED) is 0.798. The lowest BCUT2D eigenvalue weighted by Gasteiger charge is -2.22. The van der Waals surface area contributed by atoms with E-state index in [9.17, 15) is 8.42 Å². The molecule has 16 heavy (non-hydrogen) atoms. The average Bonchev–Trinajstić information content (AvgIpc) is 2.49. The number of hydrogen-bond acceptors (Lipinski definition) is 4. The molecule has 0 atom stereocenters. The normalized spacial score (nSPS) is 13.0. The molecular formula is C10H19N3O2S. The molecule has 92 valence electrons. The third-order valence-electron chi connectivity index (χ3n) is 2.78. The van der Waals surface area contributed by atoms with Crippen LogP contribution in [0, 0.1) is 6.92 Å². The number of aromatic nitrogens is 2. The molecule has 0 saturated carbocycles. The SMILES string of the molecule is Cc1[nH]cnc1CNCC(C)(C)S(C)(=O)=O. The van der Waals surface area contributed by atoms with Crippen molar-refractivity contribution in [3.8, 4) is 0 Å². The van der Waals surface area contributed by atoms with E-state index in [1.807, 2.05) is 6.92 Å². The van der Waals surface area contributed by atoms with E-state index in [0.29, 0.717) is 13.1 Å². The molecule has 0 saturated heterocycles. The van der Waals surface area contributed by atoms with Gasteiger partial charge in [0.1, 0.15) is 0 Å². The van der Waals surface area contributed by atoms with E-state index in [1.165, 1.54) is 6.26 Å². The zero-order valence-corrected chi connectivity index (χ0v) is 11.0. The zero-order valence-electron chi connectivity index (χ0n) is 10.2. The molecule has 0 amide bonds. The van der Waals surface area contributed by atoms with Crippen LogP contribution >= 0.6 is 0 Å². The summed E-state index contributed by atoms with van der Waals surface area (Å²) < 4.78 is 22.1. The van der Waals surface area contributed by atoms with E-state index in [0.717, 1.165) is 11.4 Å². The van der Waals surface area contributed by atoms with Crippen LogP contribution in [0.2, 0.25) is 0 Å². The smallest absolute Gasteiger partial charge is 0.153 e. The number of H-pyrrole nitrogens is 1. The van der Waals surface area contributed by atoms with Crippen molar-refractivity contribution in [2.75, 3.05) is 12.8 Å². The van der Waals surface area contributed by atoms with E-state index in [2.05, 4.69) is 15.3 Å². The van der Waals surface area contributed by atoms with Crippen LogP contribution in [0.15, 0.2) is 6.33 Å². The average molecular weight is 245 g/mol. The third kappa shape index (κ3) is 3.05. The summed E-state index contributed by atoms with van der Waals surface area (Å²) in [5.41, 5.74) is 1.92. The van der Waals surface area contributed by atoms with Crippen LogP contribution in [-0.4, -0.2) is 35.9 Å². The Labute approximate surface area is 96.6 Å². The first-order valence-corrected chi connectivity index (χ1v) is 7.02. The molecule has 5 nitrogen and oxygen atoms in total. The van der Waals surface area contributed by atoms with Gasteiger partial charge in [-0.2, -0.15) is 0 Å². The Balaban J connectivity index is 2.51. The van der Waals surface area contributed by atoms with Crippen LogP contribution in [0.3, 0.4) is 0 Å². The minimum Gasteiger partial charge on any atom is -0.348 e. The molecular weight excluding hydrogens is 226 g/mol. The third-order valence-corrected chi connectivity index (χ3v) is 4.93. The minimum atomic E-state index is -3.04. The van der Waals surface area contributed by atoms with E-state index in [1.54, 1.807) is 20.2 Å². The second kappa shape index (κ2) is 4.55. The fraction of sp³-hybridized carbons (Fsp3) is 0.700. The van der Waals surface area contributed by atoms with Crippen molar-refractivity contribution >= 4 is 9.84 Å². The van der Waals surface area contributed by atoms with Crippen molar-refractivity contribution in [1.82, 2.24) is 15.3 Å². The monoisotopic (exact) mass is 245 g/mol. The molecule has 0 aliphatic rings. The van der Waals surface area contributed by atoms with Crippen molar-refractivity contribution in [2.45, 2.75) is 32.1 Å². The van der Waals surface area contributed by atoms with Crippen LogP contribution in [0.25, 0.3) is 0 Å². The highest BCUT2D eigenvalue weighted by atomic mass is 32.2. The lowest BCUT2D eigenvalue weighted by Crippen LogP contribution is -2.41. The van der Waals surface area contributed by atoms with Crippen LogP contribution in [0.5, 0.6) is 0 Å². The molecule has 2 N–H and O–H groups in total. The van der Waals surface area contributed by atoms with Gasteiger partial charge < -0.3 is 10.3 Å². The van der Waals surface area contributed by atoms with Gasteiger partial charge in [-0.3, -0.25) is 0 Å². The predicted octanol–water partition coefficient (Wildman–Crippen LogP) is 0.631. The topological polar surface area (TPSA) is 74.8 Å². The van der Waals surface area contributed by atoms with E-state index >= 15 is 0 Å². The molecule has 0 fully saturated rings. The first-order chi connectivity index (χ1) is 7.24. The highest BCUT2D eigenvalue weighted by Gasteiger charge is 2.29.